The van der Waals surface area contributed by atoms with E-state index in [1.54, 1.807) is 45.8 Å². The third-order valence-corrected chi connectivity index (χ3v) is 3.12. The molecule has 0 aliphatic rings. The van der Waals surface area contributed by atoms with E-state index in [2.05, 4.69) is 10.1 Å². The molecule has 0 fully saturated rings. The Labute approximate surface area is 126 Å². The van der Waals surface area contributed by atoms with E-state index in [1.165, 1.54) is 6.26 Å². The first-order valence-electron chi connectivity index (χ1n) is 6.43. The van der Waals surface area contributed by atoms with Crippen molar-refractivity contribution in [2.45, 2.75) is 0 Å². The van der Waals surface area contributed by atoms with Crippen LogP contribution in [0.5, 0.6) is 17.2 Å². The Morgan fingerprint density at radius 1 is 0.955 bits per heavy atom. The monoisotopic (exact) mass is 302 g/mol. The fourth-order valence-corrected chi connectivity index (χ4v) is 2.05. The maximum Gasteiger partial charge on any atom is 0.261 e. The number of methoxy groups -OCH3 is 3. The topological polar surface area (TPSA) is 79.8 Å². The van der Waals surface area contributed by atoms with Gasteiger partial charge in [0.05, 0.1) is 33.2 Å². The molecule has 0 atom stereocenters. The molecular formula is C15H14N2O5. The van der Waals surface area contributed by atoms with Gasteiger partial charge in [-0.25, -0.2) is 0 Å². The second-order valence-electron chi connectivity index (χ2n) is 4.35. The van der Waals surface area contributed by atoms with Crippen LogP contribution in [0.2, 0.25) is 0 Å². The maximum atomic E-state index is 5.31. The number of aromatic nitrogens is 2. The van der Waals surface area contributed by atoms with Crippen LogP contribution in [0.25, 0.3) is 22.8 Å². The summed E-state index contributed by atoms with van der Waals surface area (Å²) in [5, 5.41) is 3.97. The van der Waals surface area contributed by atoms with E-state index in [0.29, 0.717) is 40.1 Å². The highest BCUT2D eigenvalue weighted by Crippen LogP contribution is 2.40. The van der Waals surface area contributed by atoms with Gasteiger partial charge in [-0.1, -0.05) is 5.16 Å². The molecule has 7 nitrogen and oxygen atoms in total. The van der Waals surface area contributed by atoms with Crippen molar-refractivity contribution in [3.05, 3.63) is 30.7 Å². The molecule has 7 heteroatoms. The molecule has 22 heavy (non-hydrogen) atoms. The first-order valence-corrected chi connectivity index (χ1v) is 6.43. The highest BCUT2D eigenvalue weighted by atomic mass is 16.5. The van der Waals surface area contributed by atoms with Crippen LogP contribution in [0, 0.1) is 0 Å². The Hall–Kier alpha value is -2.96. The van der Waals surface area contributed by atoms with Crippen molar-refractivity contribution in [3.63, 3.8) is 0 Å². The van der Waals surface area contributed by atoms with Crippen LogP contribution in [0.3, 0.4) is 0 Å². The molecular weight excluding hydrogens is 288 g/mol. The minimum absolute atomic E-state index is 0.373. The average molecular weight is 302 g/mol. The molecule has 0 saturated carbocycles. The lowest BCUT2D eigenvalue weighted by Crippen LogP contribution is -1.96. The summed E-state index contributed by atoms with van der Waals surface area (Å²) >= 11 is 0. The summed E-state index contributed by atoms with van der Waals surface area (Å²) in [6.45, 7) is 0. The molecule has 0 saturated heterocycles. The third kappa shape index (κ3) is 2.37. The Morgan fingerprint density at radius 3 is 2.23 bits per heavy atom. The number of furan rings is 1. The molecule has 2 heterocycles. The average Bonchev–Trinajstić information content (AvgIpc) is 3.23. The molecule has 114 valence electrons. The van der Waals surface area contributed by atoms with E-state index in [-0.39, 0.29) is 0 Å². The van der Waals surface area contributed by atoms with Gasteiger partial charge in [0.2, 0.25) is 11.6 Å². The van der Waals surface area contributed by atoms with Crippen LogP contribution in [0.1, 0.15) is 0 Å². The quantitative estimate of drug-likeness (QED) is 0.716. The van der Waals surface area contributed by atoms with Gasteiger partial charge in [-0.05, 0) is 18.2 Å². The molecule has 0 radical (unpaired) electrons. The largest absolute Gasteiger partial charge is 0.493 e. The van der Waals surface area contributed by atoms with Gasteiger partial charge in [-0.3, -0.25) is 0 Å². The summed E-state index contributed by atoms with van der Waals surface area (Å²) in [6, 6.07) is 5.25. The van der Waals surface area contributed by atoms with Crippen molar-refractivity contribution in [2.75, 3.05) is 21.3 Å². The second kappa shape index (κ2) is 5.80. The third-order valence-electron chi connectivity index (χ3n) is 3.12. The van der Waals surface area contributed by atoms with E-state index in [0.717, 1.165) is 0 Å². The zero-order chi connectivity index (χ0) is 15.5. The lowest BCUT2D eigenvalue weighted by Gasteiger charge is -2.12. The Kier molecular flexibility index (Phi) is 3.69. The molecule has 0 amide bonds. The molecule has 3 rings (SSSR count). The molecule has 0 bridgehead atoms. The number of hydrogen-bond acceptors (Lipinski definition) is 7. The Balaban J connectivity index is 2.05. The molecule has 1 aromatic carbocycles. The van der Waals surface area contributed by atoms with Crippen LogP contribution in [-0.4, -0.2) is 31.5 Å². The predicted octanol–water partition coefficient (Wildman–Crippen LogP) is 3.02. The van der Waals surface area contributed by atoms with Crippen molar-refractivity contribution in [3.8, 4) is 40.1 Å². The summed E-state index contributed by atoms with van der Waals surface area (Å²) in [4.78, 5) is 4.34. The first kappa shape index (κ1) is 14.0. The number of ether oxygens (including phenoxy) is 3. The molecule has 0 aliphatic carbocycles. The Morgan fingerprint density at radius 2 is 1.68 bits per heavy atom. The zero-order valence-electron chi connectivity index (χ0n) is 12.3. The van der Waals surface area contributed by atoms with Gasteiger partial charge in [0, 0.05) is 5.56 Å². The van der Waals surface area contributed by atoms with E-state index < -0.39 is 0 Å². The predicted molar refractivity (Wildman–Crippen MR) is 77.1 cm³/mol. The van der Waals surface area contributed by atoms with E-state index in [4.69, 9.17) is 23.2 Å². The fourth-order valence-electron chi connectivity index (χ4n) is 2.05. The number of benzene rings is 1. The summed E-state index contributed by atoms with van der Waals surface area (Å²) in [7, 11) is 4.65. The summed E-state index contributed by atoms with van der Waals surface area (Å²) in [5.74, 6) is 2.33. The molecule has 3 aromatic rings. The van der Waals surface area contributed by atoms with Gasteiger partial charge >= 0.3 is 0 Å². The highest BCUT2D eigenvalue weighted by Gasteiger charge is 2.18. The van der Waals surface area contributed by atoms with Crippen molar-refractivity contribution in [2.24, 2.45) is 0 Å². The SMILES string of the molecule is COc1cc(-c2noc(-c3ccoc3)n2)cc(OC)c1OC. The maximum absolute atomic E-state index is 5.31. The summed E-state index contributed by atoms with van der Waals surface area (Å²) in [5.41, 5.74) is 1.40. The molecule has 2 aromatic heterocycles. The first-order chi connectivity index (χ1) is 10.8. The van der Waals surface area contributed by atoms with Crippen LogP contribution in [0.4, 0.5) is 0 Å². The zero-order valence-corrected chi connectivity index (χ0v) is 12.3. The lowest BCUT2D eigenvalue weighted by molar-refractivity contribution is 0.324. The second-order valence-corrected chi connectivity index (χ2v) is 4.35. The van der Waals surface area contributed by atoms with Crippen LogP contribution in [0.15, 0.2) is 39.7 Å². The van der Waals surface area contributed by atoms with Crippen molar-refractivity contribution in [1.82, 2.24) is 10.1 Å². The van der Waals surface area contributed by atoms with Gasteiger partial charge in [0.15, 0.2) is 11.5 Å². The number of hydrogen-bond donors (Lipinski definition) is 0. The van der Waals surface area contributed by atoms with Gasteiger partial charge in [0.1, 0.15) is 6.26 Å². The van der Waals surface area contributed by atoms with Crippen LogP contribution >= 0.6 is 0 Å². The van der Waals surface area contributed by atoms with E-state index >= 15 is 0 Å². The number of rotatable bonds is 5. The minimum atomic E-state index is 0.373. The van der Waals surface area contributed by atoms with Gasteiger partial charge < -0.3 is 23.2 Å². The van der Waals surface area contributed by atoms with Crippen LogP contribution < -0.4 is 14.2 Å². The molecule has 0 unspecified atom stereocenters. The van der Waals surface area contributed by atoms with Gasteiger partial charge in [-0.2, -0.15) is 4.98 Å². The van der Waals surface area contributed by atoms with Crippen molar-refractivity contribution < 1.29 is 23.2 Å². The van der Waals surface area contributed by atoms with Crippen LogP contribution in [-0.2, 0) is 0 Å². The Bertz CT molecular complexity index is 739. The normalized spacial score (nSPS) is 10.5. The van der Waals surface area contributed by atoms with Gasteiger partial charge in [0.25, 0.3) is 5.89 Å². The molecule has 0 N–H and O–H groups in total. The van der Waals surface area contributed by atoms with E-state index in [1.807, 2.05) is 0 Å². The lowest BCUT2D eigenvalue weighted by atomic mass is 10.1. The van der Waals surface area contributed by atoms with Gasteiger partial charge in [-0.15, -0.1) is 0 Å². The van der Waals surface area contributed by atoms with Crippen molar-refractivity contribution >= 4 is 0 Å². The minimum Gasteiger partial charge on any atom is -0.493 e. The highest BCUT2D eigenvalue weighted by molar-refractivity contribution is 5.67. The smallest absolute Gasteiger partial charge is 0.261 e. The molecule has 0 aliphatic heterocycles. The molecule has 0 spiro atoms. The van der Waals surface area contributed by atoms with E-state index in [9.17, 15) is 0 Å². The summed E-state index contributed by atoms with van der Waals surface area (Å²) in [6.07, 6.45) is 3.07. The fraction of sp³-hybridized carbons (Fsp3) is 0.200. The van der Waals surface area contributed by atoms with Crippen molar-refractivity contribution in [1.29, 1.82) is 0 Å². The standard InChI is InChI=1S/C15H14N2O5/c1-18-11-6-10(7-12(19-2)13(11)20-3)14-16-15(22-17-14)9-4-5-21-8-9/h4-8H,1-3H3. The number of nitrogens with zero attached hydrogens (tertiary/aromatic N) is 2. The summed E-state index contributed by atoms with van der Waals surface area (Å²) < 4.78 is 26.1.